The van der Waals surface area contributed by atoms with Crippen LogP contribution in [0, 0.1) is 5.41 Å². The maximum atomic E-state index is 11.8. The Labute approximate surface area is 110 Å². The van der Waals surface area contributed by atoms with Crippen molar-refractivity contribution < 1.29 is 9.21 Å². The highest BCUT2D eigenvalue weighted by atomic mass is 79.9. The van der Waals surface area contributed by atoms with Crippen LogP contribution in [0.2, 0.25) is 0 Å². The van der Waals surface area contributed by atoms with Crippen molar-refractivity contribution in [2.24, 2.45) is 5.41 Å². The maximum absolute atomic E-state index is 11.8. The number of furan rings is 1. The number of hydrogen-bond donors (Lipinski definition) is 1. The third-order valence-electron chi connectivity index (χ3n) is 3.84. The molecule has 17 heavy (non-hydrogen) atoms. The van der Waals surface area contributed by atoms with E-state index in [0.717, 1.165) is 13.0 Å². The summed E-state index contributed by atoms with van der Waals surface area (Å²) in [7, 11) is 0. The summed E-state index contributed by atoms with van der Waals surface area (Å²) in [5.41, 5.74) is 0.319. The molecule has 0 aromatic carbocycles. The standard InChI is InChI=1S/C13H18BrNO2/c1-2-13(7-3-4-8-13)9-15-12(16)10-5-6-11(14)17-10/h5-6H,2-4,7-9H2,1H3,(H,15,16). The zero-order valence-corrected chi connectivity index (χ0v) is 11.7. The Hall–Kier alpha value is -0.770. The fraction of sp³-hybridized carbons (Fsp3) is 0.615. The van der Waals surface area contributed by atoms with Gasteiger partial charge < -0.3 is 9.73 Å². The molecule has 0 unspecified atom stereocenters. The molecule has 0 radical (unpaired) electrons. The Bertz CT molecular complexity index is 394. The molecule has 1 heterocycles. The van der Waals surface area contributed by atoms with Gasteiger partial charge in [0.15, 0.2) is 10.4 Å². The van der Waals surface area contributed by atoms with Crippen LogP contribution in [-0.4, -0.2) is 12.5 Å². The second-order valence-electron chi connectivity index (χ2n) is 4.85. The minimum Gasteiger partial charge on any atom is -0.444 e. The lowest BCUT2D eigenvalue weighted by Crippen LogP contribution is -2.35. The minimum atomic E-state index is -0.115. The summed E-state index contributed by atoms with van der Waals surface area (Å²) in [5.74, 6) is 0.261. The molecule has 0 spiro atoms. The molecule has 0 saturated heterocycles. The number of rotatable bonds is 4. The predicted octanol–water partition coefficient (Wildman–Crippen LogP) is 3.74. The summed E-state index contributed by atoms with van der Waals surface area (Å²) in [6.45, 7) is 2.97. The Morgan fingerprint density at radius 3 is 2.71 bits per heavy atom. The third kappa shape index (κ3) is 2.92. The van der Waals surface area contributed by atoms with E-state index in [1.807, 2.05) is 0 Å². The van der Waals surface area contributed by atoms with Gasteiger partial charge in [-0.25, -0.2) is 0 Å². The first-order valence-electron chi connectivity index (χ1n) is 6.19. The highest BCUT2D eigenvalue weighted by Crippen LogP contribution is 2.40. The number of carbonyl (C=O) groups excluding carboxylic acids is 1. The van der Waals surface area contributed by atoms with Crippen LogP contribution < -0.4 is 5.32 Å². The lowest BCUT2D eigenvalue weighted by Gasteiger charge is -2.27. The molecule has 1 aromatic rings. The highest BCUT2D eigenvalue weighted by molar-refractivity contribution is 9.10. The fourth-order valence-corrected chi connectivity index (χ4v) is 2.88. The van der Waals surface area contributed by atoms with Crippen molar-refractivity contribution in [3.05, 3.63) is 22.6 Å². The first-order chi connectivity index (χ1) is 8.15. The van der Waals surface area contributed by atoms with Crippen molar-refractivity contribution in [1.29, 1.82) is 0 Å². The molecule has 94 valence electrons. The second-order valence-corrected chi connectivity index (χ2v) is 5.63. The summed E-state index contributed by atoms with van der Waals surface area (Å²) in [6.07, 6.45) is 6.17. The topological polar surface area (TPSA) is 42.2 Å². The van der Waals surface area contributed by atoms with E-state index in [2.05, 4.69) is 28.2 Å². The van der Waals surface area contributed by atoms with Crippen LogP contribution in [0.1, 0.15) is 49.6 Å². The number of carbonyl (C=O) groups is 1. The second kappa shape index (κ2) is 5.25. The van der Waals surface area contributed by atoms with E-state index in [-0.39, 0.29) is 5.91 Å². The van der Waals surface area contributed by atoms with E-state index < -0.39 is 0 Å². The summed E-state index contributed by atoms with van der Waals surface area (Å²) >= 11 is 3.20. The van der Waals surface area contributed by atoms with Gasteiger partial charge in [-0.15, -0.1) is 0 Å². The molecule has 1 aromatic heterocycles. The summed E-state index contributed by atoms with van der Waals surface area (Å²) in [5, 5.41) is 2.99. The molecule has 0 aliphatic heterocycles. The van der Waals surface area contributed by atoms with E-state index in [0.29, 0.717) is 15.8 Å². The van der Waals surface area contributed by atoms with Crippen LogP contribution in [0.15, 0.2) is 21.2 Å². The molecular weight excluding hydrogens is 282 g/mol. The van der Waals surface area contributed by atoms with Gasteiger partial charge >= 0.3 is 0 Å². The van der Waals surface area contributed by atoms with Gasteiger partial charge in [-0.3, -0.25) is 4.79 Å². The Balaban J connectivity index is 1.91. The van der Waals surface area contributed by atoms with Crippen molar-refractivity contribution in [3.63, 3.8) is 0 Å². The average Bonchev–Trinajstić information content (AvgIpc) is 2.95. The lowest BCUT2D eigenvalue weighted by molar-refractivity contribution is 0.0899. The Kier molecular flexibility index (Phi) is 3.92. The number of hydrogen-bond acceptors (Lipinski definition) is 2. The van der Waals surface area contributed by atoms with Gasteiger partial charge in [-0.1, -0.05) is 19.8 Å². The number of amides is 1. The SMILES string of the molecule is CCC1(CNC(=O)c2ccc(Br)o2)CCCC1. The van der Waals surface area contributed by atoms with E-state index in [4.69, 9.17) is 4.42 Å². The van der Waals surface area contributed by atoms with Crippen LogP contribution in [0.3, 0.4) is 0 Å². The van der Waals surface area contributed by atoms with Gasteiger partial charge in [-0.2, -0.15) is 0 Å². The zero-order chi connectivity index (χ0) is 12.3. The molecule has 4 heteroatoms. The van der Waals surface area contributed by atoms with Crippen molar-refractivity contribution in [2.75, 3.05) is 6.54 Å². The molecule has 0 bridgehead atoms. The van der Waals surface area contributed by atoms with Crippen molar-refractivity contribution in [1.82, 2.24) is 5.32 Å². The molecule has 1 saturated carbocycles. The quantitative estimate of drug-likeness (QED) is 0.920. The van der Waals surface area contributed by atoms with Crippen molar-refractivity contribution in [2.45, 2.75) is 39.0 Å². The number of halogens is 1. The van der Waals surface area contributed by atoms with E-state index >= 15 is 0 Å². The van der Waals surface area contributed by atoms with E-state index in [1.165, 1.54) is 25.7 Å². The Morgan fingerprint density at radius 1 is 1.47 bits per heavy atom. The van der Waals surface area contributed by atoms with Gasteiger partial charge in [-0.05, 0) is 52.7 Å². The van der Waals surface area contributed by atoms with Crippen LogP contribution >= 0.6 is 15.9 Å². The first kappa shape index (κ1) is 12.7. The van der Waals surface area contributed by atoms with Crippen molar-refractivity contribution >= 4 is 21.8 Å². The van der Waals surface area contributed by atoms with Crippen LogP contribution in [0.25, 0.3) is 0 Å². The maximum Gasteiger partial charge on any atom is 0.287 e. The van der Waals surface area contributed by atoms with Crippen molar-refractivity contribution in [3.8, 4) is 0 Å². The van der Waals surface area contributed by atoms with Gasteiger partial charge in [0, 0.05) is 6.54 Å². The summed E-state index contributed by atoms with van der Waals surface area (Å²) in [6, 6.07) is 3.42. The molecular formula is C13H18BrNO2. The molecule has 1 aliphatic carbocycles. The number of nitrogens with one attached hydrogen (secondary N) is 1. The molecule has 1 amide bonds. The largest absolute Gasteiger partial charge is 0.444 e. The molecule has 1 fully saturated rings. The Morgan fingerprint density at radius 2 is 2.18 bits per heavy atom. The molecule has 1 N–H and O–H groups in total. The fourth-order valence-electron chi connectivity index (χ4n) is 2.57. The zero-order valence-electron chi connectivity index (χ0n) is 10.1. The first-order valence-corrected chi connectivity index (χ1v) is 6.98. The molecule has 0 atom stereocenters. The van der Waals surface area contributed by atoms with Crippen LogP contribution in [0.5, 0.6) is 0 Å². The third-order valence-corrected chi connectivity index (χ3v) is 4.26. The summed E-state index contributed by atoms with van der Waals surface area (Å²) in [4.78, 5) is 11.8. The van der Waals surface area contributed by atoms with Gasteiger partial charge in [0.2, 0.25) is 0 Å². The van der Waals surface area contributed by atoms with Crippen LogP contribution in [-0.2, 0) is 0 Å². The van der Waals surface area contributed by atoms with E-state index in [1.54, 1.807) is 12.1 Å². The lowest BCUT2D eigenvalue weighted by atomic mass is 9.83. The molecule has 3 nitrogen and oxygen atoms in total. The van der Waals surface area contributed by atoms with Crippen LogP contribution in [0.4, 0.5) is 0 Å². The monoisotopic (exact) mass is 299 g/mol. The van der Waals surface area contributed by atoms with Gasteiger partial charge in [0.1, 0.15) is 0 Å². The predicted molar refractivity (Wildman–Crippen MR) is 69.9 cm³/mol. The summed E-state index contributed by atoms with van der Waals surface area (Å²) < 4.78 is 5.82. The average molecular weight is 300 g/mol. The van der Waals surface area contributed by atoms with Gasteiger partial charge in [0.05, 0.1) is 0 Å². The molecule has 1 aliphatic rings. The highest BCUT2D eigenvalue weighted by Gasteiger charge is 2.32. The normalized spacial score (nSPS) is 18.2. The molecule has 2 rings (SSSR count). The minimum absolute atomic E-state index is 0.115. The smallest absolute Gasteiger partial charge is 0.287 e. The van der Waals surface area contributed by atoms with Gasteiger partial charge in [0.25, 0.3) is 5.91 Å². The van der Waals surface area contributed by atoms with E-state index in [9.17, 15) is 4.79 Å².